The molecule has 1 aliphatic rings. The Hall–Kier alpha value is -2.14. The van der Waals surface area contributed by atoms with Gasteiger partial charge in [0.2, 0.25) is 0 Å². The van der Waals surface area contributed by atoms with Crippen LogP contribution in [0.25, 0.3) is 0 Å². The Morgan fingerprint density at radius 2 is 1.62 bits per heavy atom. The highest BCUT2D eigenvalue weighted by Crippen LogP contribution is 2.19. The quantitative estimate of drug-likeness (QED) is 0.785. The lowest BCUT2D eigenvalue weighted by molar-refractivity contribution is 0.340. The molecule has 1 saturated heterocycles. The van der Waals surface area contributed by atoms with E-state index in [0.29, 0.717) is 6.61 Å². The number of piperazine rings is 1. The summed E-state index contributed by atoms with van der Waals surface area (Å²) in [7, 11) is 0. The zero-order chi connectivity index (χ0) is 16.9. The zero-order valence-corrected chi connectivity index (χ0v) is 14.6. The normalized spacial score (nSPS) is 14.6. The lowest BCUT2D eigenvalue weighted by Gasteiger charge is -2.37. The summed E-state index contributed by atoms with van der Waals surface area (Å²) >= 11 is 5.64. The molecule has 1 heterocycles. The first kappa shape index (κ1) is 16.7. The van der Waals surface area contributed by atoms with Crippen molar-refractivity contribution in [2.24, 2.45) is 0 Å². The lowest BCUT2D eigenvalue weighted by atomic mass is 10.1. The summed E-state index contributed by atoms with van der Waals surface area (Å²) in [4.78, 5) is 5.36. The van der Waals surface area contributed by atoms with Crippen molar-refractivity contribution < 1.29 is 9.13 Å². The highest BCUT2D eigenvalue weighted by molar-refractivity contribution is 7.80. The van der Waals surface area contributed by atoms with Gasteiger partial charge in [0.15, 0.2) is 0 Å². The number of thiocarbonyl (C=S) groups is 1. The van der Waals surface area contributed by atoms with Gasteiger partial charge in [-0.15, -0.1) is 0 Å². The molecule has 0 atom stereocenters. The van der Waals surface area contributed by atoms with E-state index in [9.17, 15) is 4.39 Å². The predicted molar refractivity (Wildman–Crippen MR) is 99.5 cm³/mol. The van der Waals surface area contributed by atoms with Crippen LogP contribution >= 0.6 is 12.2 Å². The van der Waals surface area contributed by atoms with Gasteiger partial charge >= 0.3 is 0 Å². The van der Waals surface area contributed by atoms with Gasteiger partial charge < -0.3 is 14.5 Å². The monoisotopic (exact) mass is 344 g/mol. The molecule has 126 valence electrons. The van der Waals surface area contributed by atoms with Crippen molar-refractivity contribution in [3.63, 3.8) is 0 Å². The Labute approximate surface area is 147 Å². The molecule has 24 heavy (non-hydrogen) atoms. The minimum atomic E-state index is -0.200. The standard InChI is InChI=1S/C19H21FN2OS/c1-2-23-18-9-3-15(4-10-18)19(24)22-13-11-21(12-14-22)17-7-5-16(20)6-8-17/h3-10H,2,11-14H2,1H3. The molecule has 0 N–H and O–H groups in total. The van der Waals surface area contributed by atoms with Crippen LogP contribution in [-0.4, -0.2) is 42.7 Å². The van der Waals surface area contributed by atoms with Crippen LogP contribution in [0.2, 0.25) is 0 Å². The summed E-state index contributed by atoms with van der Waals surface area (Å²) in [6.45, 7) is 6.12. The van der Waals surface area contributed by atoms with Crippen LogP contribution in [0.15, 0.2) is 48.5 Å². The van der Waals surface area contributed by atoms with Crippen LogP contribution < -0.4 is 9.64 Å². The van der Waals surface area contributed by atoms with Crippen molar-refractivity contribution >= 4 is 22.9 Å². The number of hydrogen-bond donors (Lipinski definition) is 0. The van der Waals surface area contributed by atoms with Crippen LogP contribution in [-0.2, 0) is 0 Å². The van der Waals surface area contributed by atoms with E-state index < -0.39 is 0 Å². The molecule has 0 radical (unpaired) electrons. The van der Waals surface area contributed by atoms with E-state index >= 15 is 0 Å². The van der Waals surface area contributed by atoms with E-state index in [1.807, 2.05) is 43.3 Å². The summed E-state index contributed by atoms with van der Waals surface area (Å²) in [6, 6.07) is 14.6. The number of rotatable bonds is 4. The first-order valence-electron chi connectivity index (χ1n) is 8.20. The van der Waals surface area contributed by atoms with E-state index in [4.69, 9.17) is 17.0 Å². The molecule has 3 nitrogen and oxygen atoms in total. The van der Waals surface area contributed by atoms with E-state index in [1.54, 1.807) is 0 Å². The molecular formula is C19H21FN2OS. The third-order valence-corrected chi connectivity index (χ3v) is 4.66. The number of hydrogen-bond acceptors (Lipinski definition) is 3. The number of halogens is 1. The third kappa shape index (κ3) is 3.85. The van der Waals surface area contributed by atoms with Crippen molar-refractivity contribution in [2.75, 3.05) is 37.7 Å². The maximum Gasteiger partial charge on any atom is 0.123 e. The molecule has 0 saturated carbocycles. The molecule has 2 aromatic carbocycles. The predicted octanol–water partition coefficient (Wildman–Crippen LogP) is 3.72. The third-order valence-electron chi connectivity index (χ3n) is 4.17. The van der Waals surface area contributed by atoms with Crippen molar-refractivity contribution in [1.82, 2.24) is 4.90 Å². The number of anilines is 1. The first-order chi connectivity index (χ1) is 11.7. The molecule has 0 aromatic heterocycles. The number of ether oxygens (including phenoxy) is 1. The Morgan fingerprint density at radius 3 is 2.21 bits per heavy atom. The molecular weight excluding hydrogens is 323 g/mol. The molecule has 0 spiro atoms. The van der Waals surface area contributed by atoms with Gasteiger partial charge in [0.25, 0.3) is 0 Å². The molecule has 5 heteroatoms. The van der Waals surface area contributed by atoms with Crippen molar-refractivity contribution in [2.45, 2.75) is 6.92 Å². The summed E-state index contributed by atoms with van der Waals surface area (Å²) < 4.78 is 18.5. The summed E-state index contributed by atoms with van der Waals surface area (Å²) in [6.07, 6.45) is 0. The highest BCUT2D eigenvalue weighted by Gasteiger charge is 2.20. The number of nitrogens with zero attached hydrogens (tertiary/aromatic N) is 2. The van der Waals surface area contributed by atoms with Gasteiger partial charge in [-0.1, -0.05) is 12.2 Å². The van der Waals surface area contributed by atoms with Crippen LogP contribution in [0.1, 0.15) is 12.5 Å². The van der Waals surface area contributed by atoms with E-state index in [0.717, 1.165) is 48.2 Å². The van der Waals surface area contributed by atoms with Crippen LogP contribution in [0.4, 0.5) is 10.1 Å². The fraction of sp³-hybridized carbons (Fsp3) is 0.316. The molecule has 0 unspecified atom stereocenters. The summed E-state index contributed by atoms with van der Waals surface area (Å²) in [5.41, 5.74) is 2.10. The molecule has 3 rings (SSSR count). The van der Waals surface area contributed by atoms with Gasteiger partial charge in [-0.3, -0.25) is 0 Å². The summed E-state index contributed by atoms with van der Waals surface area (Å²) in [5.74, 6) is 0.666. The maximum absolute atomic E-state index is 13.0. The van der Waals surface area contributed by atoms with Gasteiger partial charge in [-0.2, -0.15) is 0 Å². The Kier molecular flexibility index (Phi) is 5.30. The van der Waals surface area contributed by atoms with Crippen LogP contribution in [0, 0.1) is 5.82 Å². The average Bonchev–Trinajstić information content (AvgIpc) is 2.63. The Morgan fingerprint density at radius 1 is 1.00 bits per heavy atom. The molecule has 2 aromatic rings. The van der Waals surface area contributed by atoms with Gasteiger partial charge in [0.1, 0.15) is 16.6 Å². The fourth-order valence-electron chi connectivity index (χ4n) is 2.86. The van der Waals surface area contributed by atoms with E-state index in [2.05, 4.69) is 9.80 Å². The van der Waals surface area contributed by atoms with Crippen LogP contribution in [0.5, 0.6) is 5.75 Å². The minimum absolute atomic E-state index is 0.200. The van der Waals surface area contributed by atoms with Crippen molar-refractivity contribution in [1.29, 1.82) is 0 Å². The van der Waals surface area contributed by atoms with Gasteiger partial charge in [-0.05, 0) is 55.5 Å². The van der Waals surface area contributed by atoms with Crippen LogP contribution in [0.3, 0.4) is 0 Å². The van der Waals surface area contributed by atoms with Crippen molar-refractivity contribution in [3.8, 4) is 5.75 Å². The Balaban J connectivity index is 1.59. The fourth-order valence-corrected chi connectivity index (χ4v) is 3.18. The highest BCUT2D eigenvalue weighted by atomic mass is 32.1. The second-order valence-electron chi connectivity index (χ2n) is 5.71. The van der Waals surface area contributed by atoms with E-state index in [-0.39, 0.29) is 5.82 Å². The Bertz CT molecular complexity index is 680. The van der Waals surface area contributed by atoms with Crippen molar-refractivity contribution in [3.05, 3.63) is 59.9 Å². The average molecular weight is 344 g/mol. The van der Waals surface area contributed by atoms with Gasteiger partial charge in [0, 0.05) is 37.4 Å². The first-order valence-corrected chi connectivity index (χ1v) is 8.61. The molecule has 0 bridgehead atoms. The molecule has 0 aliphatic carbocycles. The minimum Gasteiger partial charge on any atom is -0.494 e. The SMILES string of the molecule is CCOc1ccc(C(=S)N2CCN(c3ccc(F)cc3)CC2)cc1. The molecule has 1 fully saturated rings. The number of benzene rings is 2. The second kappa shape index (κ2) is 7.62. The summed E-state index contributed by atoms with van der Waals surface area (Å²) in [5, 5.41) is 0. The van der Waals surface area contributed by atoms with Gasteiger partial charge in [0.05, 0.1) is 6.61 Å². The second-order valence-corrected chi connectivity index (χ2v) is 6.10. The van der Waals surface area contributed by atoms with Gasteiger partial charge in [-0.25, -0.2) is 4.39 Å². The lowest BCUT2D eigenvalue weighted by Crippen LogP contribution is -2.48. The zero-order valence-electron chi connectivity index (χ0n) is 13.7. The molecule has 1 aliphatic heterocycles. The maximum atomic E-state index is 13.0. The molecule has 0 amide bonds. The topological polar surface area (TPSA) is 15.7 Å². The smallest absolute Gasteiger partial charge is 0.123 e. The van der Waals surface area contributed by atoms with E-state index in [1.165, 1.54) is 12.1 Å². The largest absolute Gasteiger partial charge is 0.494 e.